The topological polar surface area (TPSA) is 160 Å². The summed E-state index contributed by atoms with van der Waals surface area (Å²) in [4.78, 5) is 0. The van der Waals surface area contributed by atoms with E-state index in [9.17, 15) is 25.5 Å². The molecule has 0 aliphatic carbocycles. The Morgan fingerprint density at radius 2 is 1.46 bits per heavy atom. The molecule has 11 nitrogen and oxygen atoms in total. The predicted octanol–water partition coefficient (Wildman–Crippen LogP) is -3.15. The second-order valence-electron chi connectivity index (χ2n) is 7.66. The first kappa shape index (κ1) is 20.8. The first-order valence-corrected chi connectivity index (χ1v) is 9.61. The summed E-state index contributed by atoms with van der Waals surface area (Å²) in [6, 6.07) is 0. The van der Waals surface area contributed by atoms with Gasteiger partial charge < -0.3 is 54.0 Å². The summed E-state index contributed by atoms with van der Waals surface area (Å²) in [6.45, 7) is -0.318. The van der Waals surface area contributed by atoms with Crippen molar-refractivity contribution >= 4 is 0 Å². The van der Waals surface area contributed by atoms with Crippen molar-refractivity contribution in [2.24, 2.45) is 0 Å². The van der Waals surface area contributed by atoms with Crippen molar-refractivity contribution in [3.8, 4) is 0 Å². The molecule has 4 aliphatic rings. The third-order valence-corrected chi connectivity index (χ3v) is 5.56. The van der Waals surface area contributed by atoms with E-state index >= 15 is 0 Å². The number of epoxide rings is 1. The van der Waals surface area contributed by atoms with Gasteiger partial charge in [0, 0.05) is 12.8 Å². The van der Waals surface area contributed by atoms with Gasteiger partial charge >= 0.3 is 0 Å². The van der Waals surface area contributed by atoms with Gasteiger partial charge in [0.1, 0.15) is 36.6 Å². The van der Waals surface area contributed by atoms with Crippen molar-refractivity contribution in [2.45, 2.75) is 80.4 Å². The lowest BCUT2D eigenvalue weighted by atomic mass is 10.0. The van der Waals surface area contributed by atoms with Crippen LogP contribution in [0.4, 0.5) is 0 Å². The minimum atomic E-state index is -1.03. The maximum atomic E-state index is 10.1. The zero-order valence-electron chi connectivity index (χ0n) is 15.3. The number of aliphatic hydroxyl groups is 5. The average molecular weight is 408 g/mol. The van der Waals surface area contributed by atoms with E-state index in [2.05, 4.69) is 0 Å². The predicted molar refractivity (Wildman–Crippen MR) is 88.0 cm³/mol. The average Bonchev–Trinajstić information content (AvgIpc) is 3.47. The van der Waals surface area contributed by atoms with E-state index in [0.29, 0.717) is 6.42 Å². The molecule has 4 unspecified atom stereocenters. The molecule has 28 heavy (non-hydrogen) atoms. The Morgan fingerprint density at radius 3 is 2.21 bits per heavy atom. The molecule has 5 N–H and O–H groups in total. The minimum Gasteiger partial charge on any atom is -0.394 e. The fraction of sp³-hybridized carbons (Fsp3) is 1.00. The molecule has 4 rings (SSSR count). The van der Waals surface area contributed by atoms with E-state index in [0.717, 1.165) is 0 Å². The highest BCUT2D eigenvalue weighted by Crippen LogP contribution is 2.39. The number of ether oxygens (including phenoxy) is 6. The lowest BCUT2D eigenvalue weighted by Crippen LogP contribution is -2.53. The highest BCUT2D eigenvalue weighted by atomic mass is 16.8. The number of hydrogen-bond donors (Lipinski definition) is 5. The Labute approximate surface area is 161 Å². The molecular formula is C17H28O11. The van der Waals surface area contributed by atoms with Gasteiger partial charge in [0.25, 0.3) is 0 Å². The molecule has 0 aromatic rings. The van der Waals surface area contributed by atoms with Crippen molar-refractivity contribution in [1.82, 2.24) is 0 Å². The van der Waals surface area contributed by atoms with Crippen LogP contribution in [0.3, 0.4) is 0 Å². The lowest BCUT2D eigenvalue weighted by molar-refractivity contribution is -0.300. The number of fused-ring (bicyclic) bond motifs is 1. The van der Waals surface area contributed by atoms with Crippen LogP contribution in [0.2, 0.25) is 0 Å². The molecule has 4 heterocycles. The molecule has 4 aliphatic heterocycles. The fourth-order valence-electron chi connectivity index (χ4n) is 3.91. The van der Waals surface area contributed by atoms with Crippen LogP contribution in [0.25, 0.3) is 0 Å². The monoisotopic (exact) mass is 408 g/mol. The van der Waals surface area contributed by atoms with Gasteiger partial charge in [-0.05, 0) is 0 Å². The summed E-state index contributed by atoms with van der Waals surface area (Å²) in [5.74, 6) is 0. The van der Waals surface area contributed by atoms with Crippen molar-refractivity contribution in [3.05, 3.63) is 0 Å². The van der Waals surface area contributed by atoms with Gasteiger partial charge in [-0.2, -0.15) is 0 Å². The highest BCUT2D eigenvalue weighted by molar-refractivity contribution is 4.99. The molecule has 0 aromatic carbocycles. The molecule has 0 saturated carbocycles. The second-order valence-corrected chi connectivity index (χ2v) is 7.66. The molecule has 11 atom stereocenters. The van der Waals surface area contributed by atoms with Crippen LogP contribution in [0.15, 0.2) is 0 Å². The highest BCUT2D eigenvalue weighted by Gasteiger charge is 2.57. The van der Waals surface area contributed by atoms with Gasteiger partial charge in [-0.3, -0.25) is 0 Å². The first-order valence-electron chi connectivity index (χ1n) is 9.61. The van der Waals surface area contributed by atoms with Gasteiger partial charge in [-0.1, -0.05) is 0 Å². The molecule has 0 amide bonds. The number of rotatable bonds is 6. The van der Waals surface area contributed by atoms with Crippen LogP contribution < -0.4 is 0 Å². The number of aliphatic hydroxyl groups excluding tert-OH is 5. The van der Waals surface area contributed by atoms with Gasteiger partial charge in [0.05, 0.1) is 44.7 Å². The first-order chi connectivity index (χ1) is 13.5. The molecule has 0 bridgehead atoms. The zero-order chi connectivity index (χ0) is 19.8. The summed E-state index contributed by atoms with van der Waals surface area (Å²) in [5, 5.41) is 48.3. The molecule has 0 radical (unpaired) electrons. The van der Waals surface area contributed by atoms with Crippen LogP contribution in [-0.4, -0.2) is 119 Å². The van der Waals surface area contributed by atoms with Crippen LogP contribution in [-0.2, 0) is 28.4 Å². The Morgan fingerprint density at radius 1 is 0.714 bits per heavy atom. The molecular weight excluding hydrogens is 380 g/mol. The third kappa shape index (κ3) is 4.35. The van der Waals surface area contributed by atoms with Crippen LogP contribution >= 0.6 is 0 Å². The minimum absolute atomic E-state index is 0.0384. The quantitative estimate of drug-likeness (QED) is 0.282. The Kier molecular flexibility index (Phi) is 6.50. The molecule has 0 aromatic heterocycles. The summed E-state index contributed by atoms with van der Waals surface area (Å²) < 4.78 is 33.8. The fourth-order valence-corrected chi connectivity index (χ4v) is 3.91. The third-order valence-electron chi connectivity index (χ3n) is 5.56. The van der Waals surface area contributed by atoms with E-state index in [1.165, 1.54) is 0 Å². The van der Waals surface area contributed by atoms with Gasteiger partial charge in [0.15, 0.2) is 12.6 Å². The van der Waals surface area contributed by atoms with Crippen LogP contribution in [0.5, 0.6) is 0 Å². The van der Waals surface area contributed by atoms with Gasteiger partial charge in [-0.15, -0.1) is 0 Å². The standard InChI is InChI=1S/C17H28O11/c18-3-11-8(21)2-9(22)16(26-11)27-13-6-24-17(15-14(13)28-15)25-10-1-7(20)5-23-12(10)4-19/h7-22H,1-6H2/t7-,8-,9-,10-,11?,12?,13+,14?,15?,16+,17+/m0/s1. The normalized spacial score (nSPS) is 51.5. The summed E-state index contributed by atoms with van der Waals surface area (Å²) >= 11 is 0. The summed E-state index contributed by atoms with van der Waals surface area (Å²) in [7, 11) is 0. The molecule has 4 saturated heterocycles. The maximum absolute atomic E-state index is 10.1. The number of hydrogen-bond acceptors (Lipinski definition) is 11. The molecule has 4 fully saturated rings. The Balaban J connectivity index is 1.29. The Hall–Kier alpha value is -0.440. The summed E-state index contributed by atoms with van der Waals surface area (Å²) in [5.41, 5.74) is 0. The van der Waals surface area contributed by atoms with E-state index in [-0.39, 0.29) is 45.1 Å². The Bertz CT molecular complexity index is 521. The molecule has 11 heteroatoms. The zero-order valence-corrected chi connectivity index (χ0v) is 15.3. The van der Waals surface area contributed by atoms with Gasteiger partial charge in [0.2, 0.25) is 0 Å². The van der Waals surface area contributed by atoms with Crippen LogP contribution in [0, 0.1) is 0 Å². The van der Waals surface area contributed by atoms with Crippen molar-refractivity contribution in [2.75, 3.05) is 26.4 Å². The summed E-state index contributed by atoms with van der Waals surface area (Å²) in [6.07, 6.45) is -7.03. The van der Waals surface area contributed by atoms with E-state index in [1.54, 1.807) is 0 Å². The maximum Gasteiger partial charge on any atom is 0.186 e. The van der Waals surface area contributed by atoms with Crippen molar-refractivity contribution in [3.63, 3.8) is 0 Å². The lowest BCUT2D eigenvalue weighted by Gasteiger charge is -2.39. The van der Waals surface area contributed by atoms with Crippen molar-refractivity contribution in [1.29, 1.82) is 0 Å². The SMILES string of the molecule is OCC1OC[C@@H](O)C[C@@H]1O[C@H]1OC[C@@H](O[C@H]2OC(CO)[C@@H](O)C[C@@H]2O)C2OC21. The molecule has 0 spiro atoms. The largest absolute Gasteiger partial charge is 0.394 e. The second kappa shape index (κ2) is 8.74. The van der Waals surface area contributed by atoms with Gasteiger partial charge in [-0.25, -0.2) is 0 Å². The smallest absolute Gasteiger partial charge is 0.186 e. The van der Waals surface area contributed by atoms with Crippen LogP contribution in [0.1, 0.15) is 12.8 Å². The van der Waals surface area contributed by atoms with E-state index in [4.69, 9.17) is 28.4 Å². The molecule has 162 valence electrons. The van der Waals surface area contributed by atoms with Crippen molar-refractivity contribution < 1.29 is 54.0 Å². The van der Waals surface area contributed by atoms with E-state index in [1.807, 2.05) is 0 Å². The van der Waals surface area contributed by atoms with E-state index < -0.39 is 55.3 Å².